The lowest BCUT2D eigenvalue weighted by atomic mass is 10.3. The molecular weight excluding hydrogens is 202 g/mol. The number of hydrogen-bond acceptors (Lipinski definition) is 3. The lowest BCUT2D eigenvalue weighted by molar-refractivity contribution is -0.132. The fourth-order valence-corrected chi connectivity index (χ4v) is 2.50. The van der Waals surface area contributed by atoms with Gasteiger partial charge >= 0.3 is 0 Å². The molecule has 1 saturated carbocycles. The lowest BCUT2D eigenvalue weighted by Gasteiger charge is -2.21. The predicted molar refractivity (Wildman–Crippen MR) is 64.0 cm³/mol. The molecule has 0 spiro atoms. The van der Waals surface area contributed by atoms with Gasteiger partial charge in [0.25, 0.3) is 0 Å². The zero-order chi connectivity index (χ0) is 11.5. The van der Waals surface area contributed by atoms with Crippen LogP contribution in [0.15, 0.2) is 0 Å². The molecule has 2 atom stereocenters. The van der Waals surface area contributed by atoms with E-state index in [0.29, 0.717) is 24.3 Å². The zero-order valence-corrected chi connectivity index (χ0v) is 10.2. The van der Waals surface area contributed by atoms with Crippen LogP contribution in [0.5, 0.6) is 0 Å². The number of amides is 1. The molecule has 2 fully saturated rings. The van der Waals surface area contributed by atoms with E-state index < -0.39 is 0 Å². The summed E-state index contributed by atoms with van der Waals surface area (Å²) in [5.41, 5.74) is 5.56. The first-order chi connectivity index (χ1) is 7.72. The van der Waals surface area contributed by atoms with E-state index in [2.05, 4.69) is 16.7 Å². The molecule has 0 bridgehead atoms. The van der Waals surface area contributed by atoms with Crippen LogP contribution in [-0.2, 0) is 4.79 Å². The van der Waals surface area contributed by atoms with E-state index >= 15 is 0 Å². The molecule has 1 heterocycles. The second kappa shape index (κ2) is 5.15. The summed E-state index contributed by atoms with van der Waals surface area (Å²) in [6.45, 7) is 7.74. The Morgan fingerprint density at radius 3 is 2.69 bits per heavy atom. The van der Waals surface area contributed by atoms with Crippen LogP contribution in [0.2, 0.25) is 0 Å². The second-order valence-corrected chi connectivity index (χ2v) is 5.13. The first-order valence-electron chi connectivity index (χ1n) is 6.43. The third kappa shape index (κ3) is 2.74. The highest BCUT2D eigenvalue weighted by molar-refractivity contribution is 5.81. The topological polar surface area (TPSA) is 49.6 Å². The van der Waals surface area contributed by atoms with E-state index in [9.17, 15) is 4.79 Å². The molecule has 0 aromatic heterocycles. The monoisotopic (exact) mass is 225 g/mol. The average Bonchev–Trinajstić information content (AvgIpc) is 3.01. The van der Waals surface area contributed by atoms with E-state index in [-0.39, 0.29) is 0 Å². The maximum Gasteiger partial charge on any atom is 0.226 e. The molecule has 4 nitrogen and oxygen atoms in total. The van der Waals surface area contributed by atoms with Crippen molar-refractivity contribution < 1.29 is 4.79 Å². The molecule has 1 amide bonds. The molecule has 1 aliphatic heterocycles. The van der Waals surface area contributed by atoms with Crippen LogP contribution in [-0.4, -0.2) is 55.0 Å². The predicted octanol–water partition coefficient (Wildman–Crippen LogP) is 0.135. The summed E-state index contributed by atoms with van der Waals surface area (Å²) in [4.78, 5) is 16.5. The van der Waals surface area contributed by atoms with Crippen molar-refractivity contribution in [1.29, 1.82) is 0 Å². The van der Waals surface area contributed by atoms with Gasteiger partial charge in [0.1, 0.15) is 0 Å². The smallest absolute Gasteiger partial charge is 0.226 e. The maximum atomic E-state index is 12.1. The summed E-state index contributed by atoms with van der Waals surface area (Å²) in [7, 11) is 0. The normalized spacial score (nSPS) is 31.2. The van der Waals surface area contributed by atoms with Gasteiger partial charge in [-0.2, -0.15) is 0 Å². The number of carbonyl (C=O) groups excluding carboxylic acids is 1. The van der Waals surface area contributed by atoms with Crippen LogP contribution < -0.4 is 5.73 Å². The van der Waals surface area contributed by atoms with Gasteiger partial charge in [-0.15, -0.1) is 0 Å². The van der Waals surface area contributed by atoms with Crippen molar-refractivity contribution in [3.05, 3.63) is 0 Å². The van der Waals surface area contributed by atoms with E-state index in [1.54, 1.807) is 0 Å². The van der Waals surface area contributed by atoms with Crippen molar-refractivity contribution in [2.75, 3.05) is 39.3 Å². The Morgan fingerprint density at radius 2 is 2.06 bits per heavy atom. The molecular formula is C12H23N3O. The Balaban J connectivity index is 1.81. The third-order valence-corrected chi connectivity index (χ3v) is 3.77. The summed E-state index contributed by atoms with van der Waals surface area (Å²) < 4.78 is 0. The number of nitrogens with two attached hydrogens (primary N) is 1. The van der Waals surface area contributed by atoms with Crippen molar-refractivity contribution in [3.63, 3.8) is 0 Å². The van der Waals surface area contributed by atoms with Gasteiger partial charge in [0, 0.05) is 38.6 Å². The molecule has 0 aromatic rings. The summed E-state index contributed by atoms with van der Waals surface area (Å²) in [5.74, 6) is 1.35. The number of nitrogens with zero attached hydrogens (tertiary/aromatic N) is 2. The van der Waals surface area contributed by atoms with Crippen LogP contribution in [0.1, 0.15) is 19.8 Å². The minimum atomic E-state index is 0.334. The molecule has 1 aliphatic carbocycles. The quantitative estimate of drug-likeness (QED) is 0.743. The maximum absolute atomic E-state index is 12.1. The lowest BCUT2D eigenvalue weighted by Crippen LogP contribution is -2.37. The Kier molecular flexibility index (Phi) is 3.82. The average molecular weight is 225 g/mol. The fourth-order valence-electron chi connectivity index (χ4n) is 2.50. The number of hydrogen-bond donors (Lipinski definition) is 1. The Hall–Kier alpha value is -0.610. The fraction of sp³-hybridized carbons (Fsp3) is 0.917. The van der Waals surface area contributed by atoms with Crippen LogP contribution in [0.4, 0.5) is 0 Å². The third-order valence-electron chi connectivity index (χ3n) is 3.77. The van der Waals surface area contributed by atoms with Gasteiger partial charge in [0.15, 0.2) is 0 Å². The molecule has 2 rings (SSSR count). The summed E-state index contributed by atoms with van der Waals surface area (Å²) in [6, 6.07) is 0. The molecule has 2 unspecified atom stereocenters. The Morgan fingerprint density at radius 1 is 1.31 bits per heavy atom. The molecule has 92 valence electrons. The van der Waals surface area contributed by atoms with E-state index in [0.717, 1.165) is 45.6 Å². The van der Waals surface area contributed by atoms with Crippen LogP contribution in [0, 0.1) is 11.8 Å². The summed E-state index contributed by atoms with van der Waals surface area (Å²) in [5, 5.41) is 0. The minimum absolute atomic E-state index is 0.334. The molecule has 16 heavy (non-hydrogen) atoms. The summed E-state index contributed by atoms with van der Waals surface area (Å²) >= 11 is 0. The van der Waals surface area contributed by atoms with E-state index in [1.807, 2.05) is 0 Å². The molecule has 0 radical (unpaired) electrons. The van der Waals surface area contributed by atoms with Gasteiger partial charge in [-0.05, 0) is 25.3 Å². The standard InChI is InChI=1S/C12H23N3O/c1-10-9-11(10)12(16)15-5-2-4-14(6-3-13)7-8-15/h10-11H,2-9,13H2,1H3. The molecule has 2 aliphatic rings. The van der Waals surface area contributed by atoms with Gasteiger partial charge in [-0.25, -0.2) is 0 Å². The molecule has 0 aromatic carbocycles. The van der Waals surface area contributed by atoms with E-state index in [1.165, 1.54) is 0 Å². The van der Waals surface area contributed by atoms with Gasteiger partial charge in [-0.3, -0.25) is 4.79 Å². The van der Waals surface area contributed by atoms with Crippen LogP contribution in [0.25, 0.3) is 0 Å². The zero-order valence-electron chi connectivity index (χ0n) is 10.2. The Bertz CT molecular complexity index is 257. The van der Waals surface area contributed by atoms with Crippen molar-refractivity contribution in [2.45, 2.75) is 19.8 Å². The molecule has 2 N–H and O–H groups in total. The first kappa shape index (κ1) is 11.9. The van der Waals surface area contributed by atoms with Crippen LogP contribution >= 0.6 is 0 Å². The SMILES string of the molecule is CC1CC1C(=O)N1CCCN(CCN)CC1. The van der Waals surface area contributed by atoms with Gasteiger partial charge in [0.2, 0.25) is 5.91 Å². The van der Waals surface area contributed by atoms with Crippen molar-refractivity contribution in [3.8, 4) is 0 Å². The van der Waals surface area contributed by atoms with Crippen molar-refractivity contribution in [1.82, 2.24) is 9.80 Å². The minimum Gasteiger partial charge on any atom is -0.341 e. The van der Waals surface area contributed by atoms with Crippen LogP contribution in [0.3, 0.4) is 0 Å². The highest BCUT2D eigenvalue weighted by atomic mass is 16.2. The number of rotatable bonds is 3. The highest BCUT2D eigenvalue weighted by Crippen LogP contribution is 2.39. The van der Waals surface area contributed by atoms with Gasteiger partial charge in [-0.1, -0.05) is 6.92 Å². The summed E-state index contributed by atoms with van der Waals surface area (Å²) in [6.07, 6.45) is 2.19. The van der Waals surface area contributed by atoms with Crippen molar-refractivity contribution in [2.24, 2.45) is 17.6 Å². The number of carbonyl (C=O) groups is 1. The van der Waals surface area contributed by atoms with Gasteiger partial charge in [0.05, 0.1) is 0 Å². The second-order valence-electron chi connectivity index (χ2n) is 5.13. The molecule has 1 saturated heterocycles. The van der Waals surface area contributed by atoms with E-state index in [4.69, 9.17) is 5.73 Å². The molecule has 4 heteroatoms. The van der Waals surface area contributed by atoms with Crippen molar-refractivity contribution >= 4 is 5.91 Å². The Labute approximate surface area is 97.8 Å². The van der Waals surface area contributed by atoms with Gasteiger partial charge < -0.3 is 15.5 Å². The largest absolute Gasteiger partial charge is 0.341 e. The first-order valence-corrected chi connectivity index (χ1v) is 6.43. The highest BCUT2D eigenvalue weighted by Gasteiger charge is 2.41.